The average molecular weight is 221 g/mol. The molecule has 0 heterocycles. The van der Waals surface area contributed by atoms with Gasteiger partial charge in [0, 0.05) is 5.88 Å². The monoisotopic (exact) mass is 220 g/mol. The lowest BCUT2D eigenvalue weighted by Crippen LogP contribution is -2.14. The summed E-state index contributed by atoms with van der Waals surface area (Å²) in [4.78, 5) is 0. The van der Waals surface area contributed by atoms with Gasteiger partial charge in [-0.25, -0.2) is 0 Å². The predicted octanol–water partition coefficient (Wildman–Crippen LogP) is 1.63. The van der Waals surface area contributed by atoms with Crippen LogP contribution in [-0.4, -0.2) is 20.1 Å². The lowest BCUT2D eigenvalue weighted by atomic mass is 10.3. The van der Waals surface area contributed by atoms with Crippen LogP contribution in [0.5, 0.6) is 5.75 Å². The number of halogens is 1. The second-order valence-electron chi connectivity index (χ2n) is 2.35. The molecular formula is C8H9ClO3S. The molecule has 0 amide bonds. The van der Waals surface area contributed by atoms with Crippen molar-refractivity contribution < 1.29 is 12.6 Å². The third-order valence-electron chi connectivity index (χ3n) is 1.29. The number of alkyl halides is 1. The molecule has 0 aliphatic rings. The quantitative estimate of drug-likeness (QED) is 0.572. The van der Waals surface area contributed by atoms with E-state index in [2.05, 4.69) is 0 Å². The van der Waals surface area contributed by atoms with Gasteiger partial charge in [0.1, 0.15) is 5.75 Å². The first-order valence-electron chi connectivity index (χ1n) is 3.67. The minimum atomic E-state index is -3.52. The highest BCUT2D eigenvalue weighted by Crippen LogP contribution is 2.11. The standard InChI is InChI=1S/C8H9ClO3S/c9-6-7-13(10,11)12-8-4-2-1-3-5-8/h1-5H,6-7H2. The van der Waals surface area contributed by atoms with Crippen molar-refractivity contribution >= 4 is 21.7 Å². The molecule has 0 aromatic heterocycles. The van der Waals surface area contributed by atoms with Crippen LogP contribution in [0, 0.1) is 0 Å². The van der Waals surface area contributed by atoms with Crippen molar-refractivity contribution in [2.24, 2.45) is 0 Å². The molecule has 72 valence electrons. The fraction of sp³-hybridized carbons (Fsp3) is 0.250. The zero-order valence-electron chi connectivity index (χ0n) is 6.81. The first-order valence-corrected chi connectivity index (χ1v) is 5.78. The summed E-state index contributed by atoms with van der Waals surface area (Å²) >= 11 is 5.29. The average Bonchev–Trinajstić information content (AvgIpc) is 2.04. The van der Waals surface area contributed by atoms with Gasteiger partial charge in [-0.2, -0.15) is 8.42 Å². The third-order valence-corrected chi connectivity index (χ3v) is 2.86. The second-order valence-corrected chi connectivity index (χ2v) is 4.42. The molecule has 0 aliphatic carbocycles. The van der Waals surface area contributed by atoms with Crippen LogP contribution in [0.25, 0.3) is 0 Å². The molecule has 0 atom stereocenters. The summed E-state index contributed by atoms with van der Waals surface area (Å²) in [5.74, 6) is 0.172. The van der Waals surface area contributed by atoms with E-state index in [9.17, 15) is 8.42 Å². The Morgan fingerprint density at radius 3 is 2.38 bits per heavy atom. The van der Waals surface area contributed by atoms with Crippen molar-refractivity contribution in [3.05, 3.63) is 30.3 Å². The summed E-state index contributed by atoms with van der Waals surface area (Å²) < 4.78 is 26.9. The van der Waals surface area contributed by atoms with E-state index < -0.39 is 10.1 Å². The van der Waals surface area contributed by atoms with Gasteiger partial charge in [-0.1, -0.05) is 18.2 Å². The van der Waals surface area contributed by atoms with Crippen molar-refractivity contribution in [3.8, 4) is 5.75 Å². The van der Waals surface area contributed by atoms with E-state index in [1.807, 2.05) is 0 Å². The maximum Gasteiger partial charge on any atom is 0.310 e. The number of benzene rings is 1. The van der Waals surface area contributed by atoms with Gasteiger partial charge in [0.25, 0.3) is 0 Å². The Morgan fingerprint density at radius 2 is 1.85 bits per heavy atom. The molecule has 0 saturated carbocycles. The molecule has 3 nitrogen and oxygen atoms in total. The topological polar surface area (TPSA) is 43.4 Å². The molecule has 0 unspecified atom stereocenters. The van der Waals surface area contributed by atoms with Crippen LogP contribution >= 0.6 is 11.6 Å². The summed E-state index contributed by atoms with van der Waals surface area (Å²) in [6.45, 7) is 0. The van der Waals surface area contributed by atoms with Crippen molar-refractivity contribution in [1.82, 2.24) is 0 Å². The van der Waals surface area contributed by atoms with Crippen molar-refractivity contribution in [2.75, 3.05) is 11.6 Å². The molecule has 0 saturated heterocycles. The molecule has 5 heteroatoms. The van der Waals surface area contributed by atoms with Gasteiger partial charge in [0.05, 0.1) is 5.75 Å². The number of para-hydroxylation sites is 1. The molecule has 0 fully saturated rings. The first kappa shape index (κ1) is 10.3. The van der Waals surface area contributed by atoms with Crippen LogP contribution in [0.4, 0.5) is 0 Å². The summed E-state index contributed by atoms with van der Waals surface area (Å²) in [6, 6.07) is 8.33. The molecule has 0 radical (unpaired) electrons. The van der Waals surface area contributed by atoms with E-state index in [1.165, 1.54) is 0 Å². The molecule has 1 aromatic rings. The maximum atomic E-state index is 11.1. The van der Waals surface area contributed by atoms with Gasteiger partial charge in [-0.3, -0.25) is 0 Å². The third kappa shape index (κ3) is 3.65. The summed E-state index contributed by atoms with van der Waals surface area (Å²) in [7, 11) is -3.52. The van der Waals surface area contributed by atoms with E-state index in [0.29, 0.717) is 5.75 Å². The van der Waals surface area contributed by atoms with Crippen LogP contribution in [0.3, 0.4) is 0 Å². The Labute approximate surface area is 82.4 Å². The second kappa shape index (κ2) is 4.48. The highest BCUT2D eigenvalue weighted by Gasteiger charge is 2.10. The van der Waals surface area contributed by atoms with E-state index in [0.717, 1.165) is 0 Å². The minimum absolute atomic E-state index is 0.0369. The molecular weight excluding hydrogens is 212 g/mol. The van der Waals surface area contributed by atoms with Gasteiger partial charge in [-0.15, -0.1) is 11.6 Å². The molecule has 0 N–H and O–H groups in total. The summed E-state index contributed by atoms with van der Waals surface area (Å²) in [6.07, 6.45) is 0. The van der Waals surface area contributed by atoms with Crippen LogP contribution in [0.2, 0.25) is 0 Å². The summed E-state index contributed by atoms with van der Waals surface area (Å²) in [5, 5.41) is 0. The van der Waals surface area contributed by atoms with Gasteiger partial charge in [0.2, 0.25) is 0 Å². The van der Waals surface area contributed by atoms with Crippen molar-refractivity contribution in [1.29, 1.82) is 0 Å². The van der Waals surface area contributed by atoms with Crippen molar-refractivity contribution in [3.63, 3.8) is 0 Å². The van der Waals surface area contributed by atoms with Gasteiger partial charge < -0.3 is 4.18 Å². The predicted molar refractivity (Wildman–Crippen MR) is 51.6 cm³/mol. The highest BCUT2D eigenvalue weighted by molar-refractivity contribution is 7.87. The summed E-state index contributed by atoms with van der Waals surface area (Å²) in [5.41, 5.74) is 0. The Bertz CT molecular complexity index is 347. The van der Waals surface area contributed by atoms with Crippen LogP contribution in [0.1, 0.15) is 0 Å². The minimum Gasteiger partial charge on any atom is -0.382 e. The first-order chi connectivity index (χ1) is 6.14. The van der Waals surface area contributed by atoms with Crippen LogP contribution < -0.4 is 4.18 Å². The maximum absolute atomic E-state index is 11.1. The molecule has 13 heavy (non-hydrogen) atoms. The van der Waals surface area contributed by atoms with Crippen LogP contribution in [-0.2, 0) is 10.1 Å². The zero-order chi connectivity index (χ0) is 9.73. The molecule has 1 rings (SSSR count). The van der Waals surface area contributed by atoms with Crippen LogP contribution in [0.15, 0.2) is 30.3 Å². The van der Waals surface area contributed by atoms with Crippen molar-refractivity contribution in [2.45, 2.75) is 0 Å². The fourth-order valence-corrected chi connectivity index (χ4v) is 2.00. The smallest absolute Gasteiger partial charge is 0.310 e. The number of hydrogen-bond donors (Lipinski definition) is 0. The Kier molecular flexibility index (Phi) is 3.57. The van der Waals surface area contributed by atoms with Gasteiger partial charge in [0.15, 0.2) is 0 Å². The van der Waals surface area contributed by atoms with Gasteiger partial charge >= 0.3 is 10.1 Å². The normalized spacial score (nSPS) is 11.2. The van der Waals surface area contributed by atoms with E-state index in [1.54, 1.807) is 30.3 Å². The van der Waals surface area contributed by atoms with Gasteiger partial charge in [-0.05, 0) is 12.1 Å². The molecule has 1 aromatic carbocycles. The van der Waals surface area contributed by atoms with E-state index in [-0.39, 0.29) is 11.6 Å². The fourth-order valence-electron chi connectivity index (χ4n) is 0.759. The lowest BCUT2D eigenvalue weighted by molar-refractivity contribution is 0.488. The Balaban J connectivity index is 2.70. The number of rotatable bonds is 4. The largest absolute Gasteiger partial charge is 0.382 e. The highest BCUT2D eigenvalue weighted by atomic mass is 35.5. The molecule has 0 aliphatic heterocycles. The van der Waals surface area contributed by atoms with E-state index >= 15 is 0 Å². The molecule has 0 spiro atoms. The Hall–Kier alpha value is -0.740. The number of hydrogen-bond acceptors (Lipinski definition) is 3. The molecule has 0 bridgehead atoms. The lowest BCUT2D eigenvalue weighted by Gasteiger charge is -2.03. The van der Waals surface area contributed by atoms with E-state index in [4.69, 9.17) is 15.8 Å². The SMILES string of the molecule is O=S(=O)(CCCl)Oc1ccccc1. The Morgan fingerprint density at radius 1 is 1.23 bits per heavy atom. The zero-order valence-corrected chi connectivity index (χ0v) is 8.38.